The molecule has 2 aliphatic heterocycles. The fourth-order valence-electron chi connectivity index (χ4n) is 2.71. The van der Waals surface area contributed by atoms with Crippen LogP contribution in [0.15, 0.2) is 29.2 Å². The zero-order valence-corrected chi connectivity index (χ0v) is 15.9. The van der Waals surface area contributed by atoms with E-state index in [-0.39, 0.29) is 59.8 Å². The largest absolute Gasteiger partial charge is 0.338 e. The number of hydrogen-bond acceptors (Lipinski definition) is 6. The molecule has 0 bridgehead atoms. The summed E-state index contributed by atoms with van der Waals surface area (Å²) >= 11 is 6.75. The number of carbonyl (C=O) groups is 3. The summed E-state index contributed by atoms with van der Waals surface area (Å²) < 4.78 is 26.6. The highest BCUT2D eigenvalue weighted by Gasteiger charge is 2.43. The standard InChI is InChI=1S/C15H16ClN3O5S2/c16-10-2-1-3-12(6-10)26(23,24)17-5-4-13(20)18-7-11(8-18)19-14(21)9-25-15(19)22/h1-3,6,11,17H,4-5,7-9H2. The summed E-state index contributed by atoms with van der Waals surface area (Å²) in [7, 11) is -3.74. The number of thioether (sulfide) groups is 1. The molecule has 11 heteroatoms. The maximum absolute atomic E-state index is 12.1. The molecule has 2 saturated heterocycles. The molecule has 3 amide bonds. The van der Waals surface area contributed by atoms with Crippen LogP contribution in [0, 0.1) is 0 Å². The topological polar surface area (TPSA) is 104 Å². The maximum Gasteiger partial charge on any atom is 0.289 e. The van der Waals surface area contributed by atoms with Crippen LogP contribution in [-0.2, 0) is 19.6 Å². The molecule has 26 heavy (non-hydrogen) atoms. The fourth-order valence-corrected chi connectivity index (χ4v) is 4.82. The maximum atomic E-state index is 12.1. The molecule has 3 rings (SSSR count). The Hall–Kier alpha value is -1.62. The molecule has 0 atom stereocenters. The van der Waals surface area contributed by atoms with Crippen LogP contribution in [0.4, 0.5) is 4.79 Å². The molecule has 0 saturated carbocycles. The van der Waals surface area contributed by atoms with Gasteiger partial charge in [-0.05, 0) is 18.2 Å². The van der Waals surface area contributed by atoms with Crippen molar-refractivity contribution < 1.29 is 22.8 Å². The van der Waals surface area contributed by atoms with Gasteiger partial charge in [0.2, 0.25) is 21.8 Å². The molecule has 0 aliphatic carbocycles. The van der Waals surface area contributed by atoms with Crippen molar-refractivity contribution >= 4 is 50.4 Å². The number of hydrogen-bond donors (Lipinski definition) is 1. The van der Waals surface area contributed by atoms with Gasteiger partial charge in [0.25, 0.3) is 5.24 Å². The molecule has 0 aromatic heterocycles. The van der Waals surface area contributed by atoms with Gasteiger partial charge in [-0.25, -0.2) is 13.1 Å². The van der Waals surface area contributed by atoms with E-state index in [2.05, 4.69) is 4.72 Å². The molecule has 2 heterocycles. The second-order valence-corrected chi connectivity index (χ2v) is 9.01. The van der Waals surface area contributed by atoms with Gasteiger partial charge in [0.1, 0.15) is 0 Å². The van der Waals surface area contributed by atoms with Gasteiger partial charge in [-0.3, -0.25) is 19.3 Å². The summed E-state index contributed by atoms with van der Waals surface area (Å²) in [5.41, 5.74) is 0. The normalized spacial score (nSPS) is 18.3. The molecule has 140 valence electrons. The Labute approximate surface area is 159 Å². The summed E-state index contributed by atoms with van der Waals surface area (Å²) in [6, 6.07) is 5.56. The summed E-state index contributed by atoms with van der Waals surface area (Å²) in [5.74, 6) is -0.317. The molecule has 1 aromatic rings. The van der Waals surface area contributed by atoms with Crippen molar-refractivity contribution in [2.45, 2.75) is 17.4 Å². The minimum Gasteiger partial charge on any atom is -0.338 e. The van der Waals surface area contributed by atoms with Crippen molar-refractivity contribution in [1.82, 2.24) is 14.5 Å². The molecular formula is C15H16ClN3O5S2. The number of sulfonamides is 1. The number of amides is 3. The highest BCUT2D eigenvalue weighted by atomic mass is 35.5. The number of carbonyl (C=O) groups excluding carboxylic acids is 3. The number of imide groups is 1. The van der Waals surface area contributed by atoms with Gasteiger partial charge in [0.05, 0.1) is 16.7 Å². The summed E-state index contributed by atoms with van der Waals surface area (Å²) in [6.45, 7) is 0.530. The first-order valence-corrected chi connectivity index (χ1v) is 10.6. The third kappa shape index (κ3) is 4.03. The Morgan fingerprint density at radius 2 is 2.04 bits per heavy atom. The van der Waals surface area contributed by atoms with E-state index < -0.39 is 10.0 Å². The summed E-state index contributed by atoms with van der Waals surface area (Å²) in [4.78, 5) is 38.1. The van der Waals surface area contributed by atoms with Gasteiger partial charge in [0, 0.05) is 31.1 Å². The van der Waals surface area contributed by atoms with Crippen molar-refractivity contribution in [2.24, 2.45) is 0 Å². The van der Waals surface area contributed by atoms with Crippen LogP contribution in [0.3, 0.4) is 0 Å². The molecule has 2 aliphatic rings. The third-order valence-corrected chi connectivity index (χ3v) is 6.63. The van der Waals surface area contributed by atoms with E-state index in [1.807, 2.05) is 0 Å². The number of halogens is 1. The predicted molar refractivity (Wildman–Crippen MR) is 96.3 cm³/mol. The minimum absolute atomic E-state index is 0.0108. The quantitative estimate of drug-likeness (QED) is 0.738. The van der Waals surface area contributed by atoms with Gasteiger partial charge in [0.15, 0.2) is 0 Å². The van der Waals surface area contributed by atoms with E-state index in [0.717, 1.165) is 11.8 Å². The Kier molecular flexibility index (Phi) is 5.56. The minimum atomic E-state index is -3.74. The Balaban J connectivity index is 1.45. The highest BCUT2D eigenvalue weighted by molar-refractivity contribution is 8.14. The molecule has 0 radical (unpaired) electrons. The Morgan fingerprint density at radius 3 is 2.65 bits per heavy atom. The van der Waals surface area contributed by atoms with E-state index >= 15 is 0 Å². The number of nitrogens with zero attached hydrogens (tertiary/aromatic N) is 2. The number of rotatable bonds is 6. The lowest BCUT2D eigenvalue weighted by atomic mass is 10.1. The Bertz CT molecular complexity index is 839. The lowest BCUT2D eigenvalue weighted by Crippen LogP contribution is -2.62. The second kappa shape index (κ2) is 7.55. The average Bonchev–Trinajstić information content (AvgIpc) is 2.86. The number of likely N-dealkylation sites (tertiary alicyclic amines) is 1. The zero-order valence-electron chi connectivity index (χ0n) is 13.6. The highest BCUT2D eigenvalue weighted by Crippen LogP contribution is 2.26. The lowest BCUT2D eigenvalue weighted by Gasteiger charge is -2.42. The molecule has 1 aromatic carbocycles. The number of benzene rings is 1. The van der Waals surface area contributed by atoms with Crippen molar-refractivity contribution in [3.05, 3.63) is 29.3 Å². The smallest absolute Gasteiger partial charge is 0.289 e. The summed E-state index contributed by atoms with van der Waals surface area (Å²) in [5, 5.41) is 0.0288. The molecular weight excluding hydrogens is 402 g/mol. The van der Waals surface area contributed by atoms with Gasteiger partial charge >= 0.3 is 0 Å². The Morgan fingerprint density at radius 1 is 1.31 bits per heavy atom. The monoisotopic (exact) mass is 417 g/mol. The van der Waals surface area contributed by atoms with Crippen LogP contribution >= 0.6 is 23.4 Å². The van der Waals surface area contributed by atoms with Crippen LogP contribution in [-0.4, -0.2) is 66.7 Å². The molecule has 2 fully saturated rings. The van der Waals surface area contributed by atoms with E-state index in [0.29, 0.717) is 5.02 Å². The van der Waals surface area contributed by atoms with Gasteiger partial charge < -0.3 is 4.90 Å². The molecule has 0 spiro atoms. The number of nitrogens with one attached hydrogen (secondary N) is 1. The first-order valence-electron chi connectivity index (χ1n) is 7.80. The fraction of sp³-hybridized carbons (Fsp3) is 0.400. The van der Waals surface area contributed by atoms with E-state index in [4.69, 9.17) is 11.6 Å². The van der Waals surface area contributed by atoms with E-state index in [1.54, 1.807) is 6.07 Å². The average molecular weight is 418 g/mol. The third-order valence-electron chi connectivity index (χ3n) is 4.10. The van der Waals surface area contributed by atoms with Crippen LogP contribution in [0.5, 0.6) is 0 Å². The van der Waals surface area contributed by atoms with Gasteiger partial charge in [-0.2, -0.15) is 0 Å². The van der Waals surface area contributed by atoms with Crippen LogP contribution in [0.1, 0.15) is 6.42 Å². The van der Waals surface area contributed by atoms with Crippen molar-refractivity contribution in [2.75, 3.05) is 25.4 Å². The molecule has 8 nitrogen and oxygen atoms in total. The van der Waals surface area contributed by atoms with Crippen LogP contribution in [0.2, 0.25) is 5.02 Å². The van der Waals surface area contributed by atoms with E-state index in [9.17, 15) is 22.8 Å². The predicted octanol–water partition coefficient (Wildman–Crippen LogP) is 0.915. The van der Waals surface area contributed by atoms with Gasteiger partial charge in [-0.15, -0.1) is 0 Å². The van der Waals surface area contributed by atoms with Crippen molar-refractivity contribution in [3.63, 3.8) is 0 Å². The van der Waals surface area contributed by atoms with Crippen molar-refractivity contribution in [3.8, 4) is 0 Å². The van der Waals surface area contributed by atoms with Crippen molar-refractivity contribution in [1.29, 1.82) is 0 Å². The first-order chi connectivity index (χ1) is 12.3. The first kappa shape index (κ1) is 19.2. The lowest BCUT2D eigenvalue weighted by molar-refractivity contribution is -0.141. The molecule has 1 N–H and O–H groups in total. The van der Waals surface area contributed by atoms with Crippen LogP contribution < -0.4 is 4.72 Å². The SMILES string of the molecule is O=C(CCNS(=O)(=O)c1cccc(Cl)c1)N1CC(N2C(=O)CSC2=O)C1. The molecule has 0 unspecified atom stereocenters. The van der Waals surface area contributed by atoms with E-state index in [1.165, 1.54) is 28.0 Å². The van der Waals surface area contributed by atoms with Gasteiger partial charge in [-0.1, -0.05) is 29.4 Å². The second-order valence-electron chi connectivity index (χ2n) is 5.88. The summed E-state index contributed by atoms with van der Waals surface area (Å²) in [6.07, 6.45) is -0.0108. The zero-order chi connectivity index (χ0) is 18.9. The van der Waals surface area contributed by atoms with Crippen LogP contribution in [0.25, 0.3) is 0 Å².